The van der Waals surface area contributed by atoms with Gasteiger partial charge in [0.05, 0.1) is 11.0 Å². The molecule has 0 saturated heterocycles. The molecule has 1 aromatic heterocycles. The van der Waals surface area contributed by atoms with E-state index in [0.29, 0.717) is 16.7 Å². The Morgan fingerprint density at radius 1 is 0.889 bits per heavy atom. The van der Waals surface area contributed by atoms with E-state index in [9.17, 15) is 4.79 Å². The van der Waals surface area contributed by atoms with E-state index in [1.807, 2.05) is 42.5 Å². The number of fused-ring (bicyclic) bond motifs is 1. The maximum Gasteiger partial charge on any atom is 1.00 e. The van der Waals surface area contributed by atoms with Crippen molar-refractivity contribution in [2.24, 2.45) is 0 Å². The Morgan fingerprint density at radius 3 is 2.33 bits per heavy atom. The van der Waals surface area contributed by atoms with Crippen LogP contribution in [0.3, 0.4) is 0 Å². The van der Waals surface area contributed by atoms with Crippen LogP contribution in [0.2, 0.25) is 0 Å². The molecule has 0 unspecified atom stereocenters. The van der Waals surface area contributed by atoms with Gasteiger partial charge in [-0.15, -0.1) is 18.2 Å². The van der Waals surface area contributed by atoms with Crippen molar-refractivity contribution in [2.45, 2.75) is 0 Å². The van der Waals surface area contributed by atoms with Gasteiger partial charge in [-0.3, -0.25) is 0 Å². The van der Waals surface area contributed by atoms with Crippen LogP contribution >= 0.6 is 0 Å². The van der Waals surface area contributed by atoms with Crippen LogP contribution in [0.25, 0.3) is 22.3 Å². The molecule has 18 heavy (non-hydrogen) atoms. The van der Waals surface area contributed by atoms with Gasteiger partial charge in [0.2, 0.25) is 0 Å². The van der Waals surface area contributed by atoms with Crippen LogP contribution in [0, 0.1) is 6.07 Å². The largest absolute Gasteiger partial charge is 1.00 e. The Kier molecular flexibility index (Phi) is 3.82. The van der Waals surface area contributed by atoms with Crippen molar-refractivity contribution in [3.05, 3.63) is 70.9 Å². The summed E-state index contributed by atoms with van der Waals surface area (Å²) in [5.74, 6) is 0.481. The van der Waals surface area contributed by atoms with Gasteiger partial charge in [0.25, 0.3) is 0 Å². The molecule has 0 fully saturated rings. The van der Waals surface area contributed by atoms with Gasteiger partial charge in [-0.05, 0) is 11.5 Å². The van der Waals surface area contributed by atoms with Crippen LogP contribution in [0.5, 0.6) is 0 Å². The normalized spacial score (nSPS) is 10.0. The van der Waals surface area contributed by atoms with E-state index in [4.69, 9.17) is 4.42 Å². The molecular weight excluding hydrogens is 409 g/mol. The van der Waals surface area contributed by atoms with Gasteiger partial charge in [-0.25, -0.2) is 0 Å². The number of rotatable bonds is 1. The molecule has 0 spiro atoms. The third-order valence-corrected chi connectivity index (χ3v) is 2.61. The first-order valence-electron chi connectivity index (χ1n) is 5.35. The van der Waals surface area contributed by atoms with Crippen molar-refractivity contribution in [3.63, 3.8) is 0 Å². The van der Waals surface area contributed by atoms with Gasteiger partial charge >= 0.3 is 22.4 Å². The van der Waals surface area contributed by atoms with Gasteiger partial charge in [0.1, 0.15) is 0 Å². The van der Waals surface area contributed by atoms with Crippen molar-refractivity contribution >= 4 is 11.0 Å². The monoisotopic (exact) mass is 418 g/mol. The van der Waals surface area contributed by atoms with E-state index in [0.717, 1.165) is 5.56 Å². The first kappa shape index (κ1) is 12.8. The quantitative estimate of drug-likeness (QED) is 0.449. The molecular formula is C15H9AuO2. The average Bonchev–Trinajstić information content (AvgIpc) is 2.40. The minimum atomic E-state index is -0.134. The molecule has 0 radical (unpaired) electrons. The fourth-order valence-corrected chi connectivity index (χ4v) is 1.77. The maximum absolute atomic E-state index is 11.9. The van der Waals surface area contributed by atoms with E-state index in [2.05, 4.69) is 6.07 Å². The standard InChI is InChI=1S/C15H9O2.Au/c16-13-10-15(11-6-2-1-3-7-11)17-14-9-5-4-8-12(13)14;/h1-9H;/q-1;+1. The molecule has 0 aliphatic rings. The van der Waals surface area contributed by atoms with Crippen LogP contribution in [-0.4, -0.2) is 0 Å². The van der Waals surface area contributed by atoms with Gasteiger partial charge in [0, 0.05) is 5.76 Å². The minimum Gasteiger partial charge on any atom is -0.495 e. The first-order chi connectivity index (χ1) is 8.34. The van der Waals surface area contributed by atoms with Crippen LogP contribution in [0.4, 0.5) is 0 Å². The van der Waals surface area contributed by atoms with Crippen LogP contribution in [0.1, 0.15) is 0 Å². The second-order valence-electron chi connectivity index (χ2n) is 3.75. The summed E-state index contributed by atoms with van der Waals surface area (Å²) < 4.78 is 5.67. The molecule has 0 bridgehead atoms. The summed E-state index contributed by atoms with van der Waals surface area (Å²) in [5.41, 5.74) is 1.32. The van der Waals surface area contributed by atoms with Crippen molar-refractivity contribution in [1.82, 2.24) is 0 Å². The zero-order chi connectivity index (χ0) is 11.7. The van der Waals surface area contributed by atoms with E-state index in [1.54, 1.807) is 12.1 Å². The van der Waals surface area contributed by atoms with Crippen LogP contribution < -0.4 is 5.43 Å². The fourth-order valence-electron chi connectivity index (χ4n) is 1.77. The molecule has 3 heteroatoms. The van der Waals surface area contributed by atoms with Crippen LogP contribution in [0.15, 0.2) is 63.8 Å². The van der Waals surface area contributed by atoms with Gasteiger partial charge in [0.15, 0.2) is 0 Å². The predicted octanol–water partition coefficient (Wildman–Crippen LogP) is 3.26. The molecule has 0 aliphatic carbocycles. The van der Waals surface area contributed by atoms with E-state index < -0.39 is 0 Å². The van der Waals surface area contributed by atoms with Crippen molar-refractivity contribution in [3.8, 4) is 11.3 Å². The van der Waals surface area contributed by atoms with Crippen molar-refractivity contribution in [1.29, 1.82) is 0 Å². The number of hydrogen-bond donors (Lipinski definition) is 0. The summed E-state index contributed by atoms with van der Waals surface area (Å²) in [6.07, 6.45) is 0. The minimum absolute atomic E-state index is 0. The zero-order valence-electron chi connectivity index (χ0n) is 9.31. The summed E-state index contributed by atoms with van der Waals surface area (Å²) in [5, 5.41) is 0.562. The summed E-state index contributed by atoms with van der Waals surface area (Å²) in [7, 11) is 0. The molecule has 0 saturated carbocycles. The maximum atomic E-state index is 11.9. The molecule has 92 valence electrons. The Labute approximate surface area is 120 Å². The SMILES string of the molecule is O=c1[c-]c(-c2ccccc2)oc2ccccc12.[Au+]. The second-order valence-corrected chi connectivity index (χ2v) is 3.75. The number of hydrogen-bond acceptors (Lipinski definition) is 2. The average molecular weight is 418 g/mol. The Hall–Kier alpha value is -1.61. The molecule has 1 heterocycles. The summed E-state index contributed by atoms with van der Waals surface area (Å²) >= 11 is 0. The molecule has 3 aromatic rings. The summed E-state index contributed by atoms with van der Waals surface area (Å²) in [6, 6.07) is 19.4. The zero-order valence-corrected chi connectivity index (χ0v) is 11.5. The third-order valence-electron chi connectivity index (χ3n) is 2.61. The second kappa shape index (κ2) is 5.36. The predicted molar refractivity (Wildman–Crippen MR) is 66.8 cm³/mol. The fraction of sp³-hybridized carbons (Fsp3) is 0. The van der Waals surface area contributed by atoms with Crippen molar-refractivity contribution < 1.29 is 26.8 Å². The third kappa shape index (κ3) is 2.31. The number of benzene rings is 2. The molecule has 3 rings (SSSR count). The smallest absolute Gasteiger partial charge is 0.495 e. The van der Waals surface area contributed by atoms with Gasteiger partial charge < -0.3 is 9.21 Å². The Bertz CT molecular complexity index is 717. The summed E-state index contributed by atoms with van der Waals surface area (Å²) in [6.45, 7) is 0. The molecule has 2 nitrogen and oxygen atoms in total. The topological polar surface area (TPSA) is 30.2 Å². The number of para-hydroxylation sites is 1. The van der Waals surface area contributed by atoms with E-state index in [-0.39, 0.29) is 27.8 Å². The molecule has 0 N–H and O–H groups in total. The van der Waals surface area contributed by atoms with Crippen LogP contribution in [-0.2, 0) is 22.4 Å². The van der Waals surface area contributed by atoms with Crippen molar-refractivity contribution in [2.75, 3.05) is 0 Å². The Balaban J connectivity index is 0.00000120. The molecule has 0 atom stereocenters. The van der Waals surface area contributed by atoms with E-state index in [1.165, 1.54) is 0 Å². The molecule has 0 aliphatic heterocycles. The molecule has 2 aromatic carbocycles. The molecule has 0 amide bonds. The van der Waals surface area contributed by atoms with E-state index >= 15 is 0 Å². The first-order valence-corrected chi connectivity index (χ1v) is 5.35. The van der Waals surface area contributed by atoms with Gasteiger partial charge in [-0.1, -0.05) is 42.0 Å². The van der Waals surface area contributed by atoms with Gasteiger partial charge in [-0.2, -0.15) is 0 Å². The summed E-state index contributed by atoms with van der Waals surface area (Å²) in [4.78, 5) is 11.9. The Morgan fingerprint density at radius 2 is 1.56 bits per heavy atom.